The lowest BCUT2D eigenvalue weighted by molar-refractivity contribution is 0.330. The van der Waals surface area contributed by atoms with Crippen LogP contribution in [0.3, 0.4) is 0 Å². The van der Waals surface area contributed by atoms with Crippen LogP contribution >= 0.6 is 11.6 Å². The van der Waals surface area contributed by atoms with Gasteiger partial charge < -0.3 is 14.8 Å². The first kappa shape index (κ1) is 26.0. The highest BCUT2D eigenvalue weighted by Gasteiger charge is 2.17. The molecule has 8 heteroatoms. The Kier molecular flexibility index (Phi) is 10.3. The largest absolute Gasteiger partial charge is 0.493 e. The molecule has 0 unspecified atom stereocenters. The maximum Gasteiger partial charge on any atom is 0.209 e. The third-order valence-electron chi connectivity index (χ3n) is 4.73. The topological polar surface area (TPSA) is 76.7 Å². The highest BCUT2D eigenvalue weighted by Crippen LogP contribution is 2.28. The average Bonchev–Trinajstić information content (AvgIpc) is 2.74. The van der Waals surface area contributed by atoms with E-state index in [-0.39, 0.29) is 18.6 Å². The van der Waals surface area contributed by atoms with Gasteiger partial charge in [0.2, 0.25) is 10.0 Å². The number of sulfonamides is 1. The molecule has 0 fully saturated rings. The van der Waals surface area contributed by atoms with E-state index in [0.29, 0.717) is 29.6 Å². The molecule has 0 heterocycles. The molecule has 6 nitrogen and oxygen atoms in total. The van der Waals surface area contributed by atoms with Crippen LogP contribution in [-0.4, -0.2) is 47.5 Å². The zero-order valence-electron chi connectivity index (χ0n) is 18.9. The number of rotatable bonds is 11. The van der Waals surface area contributed by atoms with E-state index in [4.69, 9.17) is 21.1 Å². The average molecular weight is 479 g/mol. The van der Waals surface area contributed by atoms with Crippen molar-refractivity contribution < 1.29 is 17.9 Å². The van der Waals surface area contributed by atoms with E-state index in [1.54, 1.807) is 19.2 Å². The third kappa shape index (κ3) is 9.49. The summed E-state index contributed by atoms with van der Waals surface area (Å²) in [6.45, 7) is 5.51. The van der Waals surface area contributed by atoms with E-state index in [0.717, 1.165) is 17.5 Å². The molecule has 0 radical (unpaired) electrons. The number of ether oxygens (including phenoxy) is 2. The minimum absolute atomic E-state index is 0.149. The summed E-state index contributed by atoms with van der Waals surface area (Å²) in [5, 5.41) is 4.00. The summed E-state index contributed by atoms with van der Waals surface area (Å²) in [5.41, 5.74) is 1.96. The number of hydrogen-bond donors (Lipinski definition) is 2. The molecular weight excluding hydrogens is 448 g/mol. The van der Waals surface area contributed by atoms with Gasteiger partial charge in [-0.05, 0) is 60.8 Å². The van der Waals surface area contributed by atoms with Crippen molar-refractivity contribution in [1.29, 1.82) is 0 Å². The van der Waals surface area contributed by atoms with Gasteiger partial charge in [0.05, 0.1) is 13.4 Å². The molecule has 0 bridgehead atoms. The second-order valence-electron chi connectivity index (χ2n) is 7.78. The molecular formula is C24H31ClN2O4S. The second-order valence-corrected chi connectivity index (χ2v) is 9.99. The first-order valence-electron chi connectivity index (χ1n) is 10.4. The Morgan fingerprint density at radius 3 is 2.44 bits per heavy atom. The Balaban J connectivity index is 1.85. The van der Waals surface area contributed by atoms with E-state index in [9.17, 15) is 8.42 Å². The molecule has 174 valence electrons. The minimum atomic E-state index is -3.23. The summed E-state index contributed by atoms with van der Waals surface area (Å²) in [6.07, 6.45) is 1.96. The van der Waals surface area contributed by atoms with Crippen LogP contribution < -0.4 is 19.5 Å². The molecule has 2 N–H and O–H groups in total. The number of halogens is 1. The van der Waals surface area contributed by atoms with E-state index in [2.05, 4.69) is 21.9 Å². The van der Waals surface area contributed by atoms with Gasteiger partial charge in [-0.15, -0.1) is 0 Å². The van der Waals surface area contributed by atoms with E-state index < -0.39 is 10.0 Å². The molecule has 32 heavy (non-hydrogen) atoms. The van der Waals surface area contributed by atoms with Crippen LogP contribution in [-0.2, 0) is 16.4 Å². The third-order valence-corrected chi connectivity index (χ3v) is 5.71. The molecule has 0 aliphatic carbocycles. The zero-order chi connectivity index (χ0) is 23.6. The van der Waals surface area contributed by atoms with Crippen molar-refractivity contribution in [1.82, 2.24) is 10.0 Å². The van der Waals surface area contributed by atoms with Gasteiger partial charge in [0.1, 0.15) is 6.61 Å². The Morgan fingerprint density at radius 1 is 1.09 bits per heavy atom. The molecule has 0 saturated carbocycles. The van der Waals surface area contributed by atoms with Gasteiger partial charge in [-0.2, -0.15) is 0 Å². The first-order valence-corrected chi connectivity index (χ1v) is 12.7. The van der Waals surface area contributed by atoms with Crippen molar-refractivity contribution >= 4 is 21.6 Å². The van der Waals surface area contributed by atoms with E-state index in [1.165, 1.54) is 6.26 Å². The molecule has 1 atom stereocenters. The monoisotopic (exact) mass is 478 g/mol. The van der Waals surface area contributed by atoms with Gasteiger partial charge in [0.25, 0.3) is 0 Å². The number of methoxy groups -OCH3 is 1. The van der Waals surface area contributed by atoms with Gasteiger partial charge in [0, 0.05) is 23.2 Å². The quantitative estimate of drug-likeness (QED) is 0.382. The van der Waals surface area contributed by atoms with Crippen molar-refractivity contribution in [3.05, 3.63) is 58.6 Å². The molecule has 0 aliphatic rings. The Labute approximate surface area is 196 Å². The highest BCUT2D eigenvalue weighted by molar-refractivity contribution is 7.88. The number of benzene rings is 2. The van der Waals surface area contributed by atoms with Crippen molar-refractivity contribution in [3.63, 3.8) is 0 Å². The normalized spacial score (nSPS) is 12.2. The molecule has 0 aromatic heterocycles. The van der Waals surface area contributed by atoms with Crippen LogP contribution in [0.15, 0.2) is 42.5 Å². The standard InChI is InChI=1S/C24H31ClN2O4S/c1-18(2)22(27-32(4,28)29)17-26-14-13-20-9-12-23(24(16-20)30-3)31-15-5-6-19-7-10-21(25)11-8-19/h7-12,16,18,22,26-27H,13-15,17H2,1-4H3/t22-/m1/s1. The number of hydrogen-bond acceptors (Lipinski definition) is 5. The van der Waals surface area contributed by atoms with Gasteiger partial charge in [-0.1, -0.05) is 43.4 Å². The van der Waals surface area contributed by atoms with E-state index in [1.807, 2.05) is 44.2 Å². The van der Waals surface area contributed by atoms with Crippen molar-refractivity contribution in [3.8, 4) is 23.3 Å². The Morgan fingerprint density at radius 2 is 1.81 bits per heavy atom. The molecule has 2 aromatic carbocycles. The molecule has 2 aromatic rings. The summed E-state index contributed by atoms with van der Waals surface area (Å²) in [4.78, 5) is 0. The van der Waals surface area contributed by atoms with Crippen LogP contribution in [0.2, 0.25) is 5.02 Å². The fourth-order valence-electron chi connectivity index (χ4n) is 2.95. The summed E-state index contributed by atoms with van der Waals surface area (Å²) in [6, 6.07) is 13.0. The second kappa shape index (κ2) is 12.7. The van der Waals surface area contributed by atoms with Crippen LogP contribution in [0, 0.1) is 17.8 Å². The maximum absolute atomic E-state index is 11.5. The predicted octanol–water partition coefficient (Wildman–Crippen LogP) is 3.49. The van der Waals surface area contributed by atoms with Crippen molar-refractivity contribution in [2.75, 3.05) is 33.1 Å². The first-order chi connectivity index (χ1) is 15.2. The van der Waals surface area contributed by atoms with Crippen molar-refractivity contribution in [2.45, 2.75) is 26.3 Å². The minimum Gasteiger partial charge on any atom is -0.493 e. The van der Waals surface area contributed by atoms with E-state index >= 15 is 0 Å². The smallest absolute Gasteiger partial charge is 0.209 e. The molecule has 0 amide bonds. The lowest BCUT2D eigenvalue weighted by atomic mass is 10.1. The summed E-state index contributed by atoms with van der Waals surface area (Å²) in [5.74, 6) is 7.48. The van der Waals surface area contributed by atoms with Crippen molar-refractivity contribution in [2.24, 2.45) is 5.92 Å². The lowest BCUT2D eigenvalue weighted by Gasteiger charge is -2.21. The molecule has 0 spiro atoms. The maximum atomic E-state index is 11.5. The number of nitrogens with one attached hydrogen (secondary N) is 2. The molecule has 2 rings (SSSR count). The molecule has 0 aliphatic heterocycles. The van der Waals surface area contributed by atoms with Crippen LogP contribution in [0.25, 0.3) is 0 Å². The zero-order valence-corrected chi connectivity index (χ0v) is 20.5. The SMILES string of the molecule is COc1cc(CCNC[C@@H](NS(C)(=O)=O)C(C)C)ccc1OCC#Cc1ccc(Cl)cc1. The lowest BCUT2D eigenvalue weighted by Crippen LogP contribution is -2.45. The predicted molar refractivity (Wildman–Crippen MR) is 130 cm³/mol. The van der Waals surface area contributed by atoms with Gasteiger partial charge in [0.15, 0.2) is 11.5 Å². The fourth-order valence-corrected chi connectivity index (χ4v) is 3.98. The van der Waals surface area contributed by atoms with Gasteiger partial charge in [-0.25, -0.2) is 13.1 Å². The molecule has 0 saturated heterocycles. The fraction of sp³-hybridized carbons (Fsp3) is 0.417. The van der Waals surface area contributed by atoms with Gasteiger partial charge >= 0.3 is 0 Å². The Hall–Kier alpha value is -2.24. The summed E-state index contributed by atoms with van der Waals surface area (Å²) < 4.78 is 36.9. The van der Waals surface area contributed by atoms with Crippen LogP contribution in [0.1, 0.15) is 25.0 Å². The van der Waals surface area contributed by atoms with Crippen LogP contribution in [0.5, 0.6) is 11.5 Å². The van der Waals surface area contributed by atoms with Gasteiger partial charge in [-0.3, -0.25) is 0 Å². The summed E-state index contributed by atoms with van der Waals surface area (Å²) in [7, 11) is -1.63. The highest BCUT2D eigenvalue weighted by atomic mass is 35.5. The Bertz CT molecular complexity index is 1030. The van der Waals surface area contributed by atoms with Crippen LogP contribution in [0.4, 0.5) is 0 Å². The summed E-state index contributed by atoms with van der Waals surface area (Å²) >= 11 is 5.87.